The molecule has 7 heteroatoms. The molecule has 1 aromatic rings. The van der Waals surface area contributed by atoms with Crippen molar-refractivity contribution in [2.45, 2.75) is 83.0 Å². The quantitative estimate of drug-likeness (QED) is 0.519. The summed E-state index contributed by atoms with van der Waals surface area (Å²) in [7, 11) is 1.75. The Labute approximate surface area is 207 Å². The van der Waals surface area contributed by atoms with Gasteiger partial charge in [0.2, 0.25) is 0 Å². The maximum absolute atomic E-state index is 14.3. The zero-order valence-corrected chi connectivity index (χ0v) is 20.9. The number of hydrogen-bond acceptors (Lipinski definition) is 6. The van der Waals surface area contributed by atoms with Gasteiger partial charge in [-0.05, 0) is 82.1 Å². The summed E-state index contributed by atoms with van der Waals surface area (Å²) < 4.78 is 10.9. The van der Waals surface area contributed by atoms with Gasteiger partial charge in [-0.3, -0.25) is 14.5 Å². The molecule has 1 aromatic carbocycles. The van der Waals surface area contributed by atoms with Gasteiger partial charge in [-0.15, -0.1) is 0 Å². The van der Waals surface area contributed by atoms with E-state index in [-0.39, 0.29) is 48.4 Å². The van der Waals surface area contributed by atoms with Crippen molar-refractivity contribution in [3.8, 4) is 11.8 Å². The monoisotopic (exact) mass is 477 g/mol. The molecule has 0 aromatic heterocycles. The number of nitrogens with zero attached hydrogens (tertiary/aromatic N) is 2. The van der Waals surface area contributed by atoms with E-state index < -0.39 is 5.54 Å². The van der Waals surface area contributed by atoms with Crippen LogP contribution in [0.2, 0.25) is 0 Å². The smallest absolute Gasteiger partial charge is 0.307 e. The van der Waals surface area contributed by atoms with Crippen molar-refractivity contribution in [1.82, 2.24) is 4.90 Å². The first kappa shape index (κ1) is 23.9. The molecule has 2 N–H and O–H groups in total. The molecule has 5 rings (SSSR count). The number of fused-ring (bicyclic) bond motifs is 3. The average molecular weight is 478 g/mol. The standard InChI is InChI=1S/C28H35N3O4/c1-18(2)35-24(32)12-15-31-25(33)28(30-26(31)29)23-16-20(7-6-19-4-5-19)8-9-21(23)17-27(28)13-10-22(34-3)11-14-27/h8-9,16,18-19,22H,4-5,10-15,17H2,1-3H3,(H2,29,30)/t22-,27-,28?. The fourth-order valence-electron chi connectivity index (χ4n) is 6.10. The molecule has 0 radical (unpaired) electrons. The molecule has 35 heavy (non-hydrogen) atoms. The third-order valence-electron chi connectivity index (χ3n) is 8.04. The zero-order chi connectivity index (χ0) is 24.8. The lowest BCUT2D eigenvalue weighted by atomic mass is 9.61. The van der Waals surface area contributed by atoms with Crippen LogP contribution in [0.5, 0.6) is 0 Å². The summed E-state index contributed by atoms with van der Waals surface area (Å²) in [6, 6.07) is 6.24. The summed E-state index contributed by atoms with van der Waals surface area (Å²) >= 11 is 0. The summed E-state index contributed by atoms with van der Waals surface area (Å²) in [4.78, 5) is 32.9. The third kappa shape index (κ3) is 4.12. The predicted octanol–water partition coefficient (Wildman–Crippen LogP) is 3.27. The van der Waals surface area contributed by atoms with Gasteiger partial charge in [0.15, 0.2) is 11.5 Å². The van der Waals surface area contributed by atoms with Crippen molar-refractivity contribution in [1.29, 1.82) is 0 Å². The summed E-state index contributed by atoms with van der Waals surface area (Å²) in [6.45, 7) is 3.78. The average Bonchev–Trinajstić information content (AvgIpc) is 3.57. The molecule has 0 bridgehead atoms. The van der Waals surface area contributed by atoms with E-state index in [4.69, 9.17) is 20.2 Å². The van der Waals surface area contributed by atoms with Crippen molar-refractivity contribution in [3.63, 3.8) is 0 Å². The molecule has 4 aliphatic rings. The predicted molar refractivity (Wildman–Crippen MR) is 132 cm³/mol. The van der Waals surface area contributed by atoms with Crippen LogP contribution in [0, 0.1) is 23.2 Å². The molecule has 1 amide bonds. The number of guanidine groups is 1. The summed E-state index contributed by atoms with van der Waals surface area (Å²) in [5.74, 6) is 6.84. The van der Waals surface area contributed by atoms with Crippen LogP contribution in [0.3, 0.4) is 0 Å². The lowest BCUT2D eigenvalue weighted by Gasteiger charge is -2.45. The van der Waals surface area contributed by atoms with Crippen molar-refractivity contribution < 1.29 is 19.1 Å². The molecule has 186 valence electrons. The first-order valence-electron chi connectivity index (χ1n) is 12.8. The molecule has 2 spiro atoms. The van der Waals surface area contributed by atoms with Crippen molar-refractivity contribution in [2.24, 2.45) is 22.1 Å². The summed E-state index contributed by atoms with van der Waals surface area (Å²) in [5, 5.41) is 0. The number of amides is 1. The largest absolute Gasteiger partial charge is 0.463 e. The molecule has 2 saturated carbocycles. The lowest BCUT2D eigenvalue weighted by molar-refractivity contribution is -0.148. The van der Waals surface area contributed by atoms with E-state index in [0.29, 0.717) is 5.92 Å². The number of benzene rings is 1. The van der Waals surface area contributed by atoms with Crippen molar-refractivity contribution >= 4 is 17.8 Å². The first-order valence-corrected chi connectivity index (χ1v) is 12.8. The Balaban J connectivity index is 1.51. The van der Waals surface area contributed by atoms with Gasteiger partial charge in [0.25, 0.3) is 5.91 Å². The number of hydrogen-bond donors (Lipinski definition) is 1. The minimum absolute atomic E-state index is 0.0781. The molecular weight excluding hydrogens is 442 g/mol. The number of carbonyl (C=O) groups excluding carboxylic acids is 2. The van der Waals surface area contributed by atoms with Crippen LogP contribution in [0.25, 0.3) is 0 Å². The summed E-state index contributed by atoms with van der Waals surface area (Å²) in [5.41, 5.74) is 7.95. The maximum Gasteiger partial charge on any atom is 0.307 e. The van der Waals surface area contributed by atoms with Gasteiger partial charge in [0, 0.05) is 30.6 Å². The molecule has 0 saturated heterocycles. The molecule has 1 unspecified atom stereocenters. The Morgan fingerprint density at radius 3 is 2.66 bits per heavy atom. The Morgan fingerprint density at radius 2 is 2.00 bits per heavy atom. The van der Waals surface area contributed by atoms with Crippen LogP contribution in [0.1, 0.15) is 75.5 Å². The van der Waals surface area contributed by atoms with E-state index in [9.17, 15) is 9.59 Å². The molecule has 7 nitrogen and oxygen atoms in total. The highest BCUT2D eigenvalue weighted by Crippen LogP contribution is 2.62. The topological polar surface area (TPSA) is 94.2 Å². The number of rotatable bonds is 5. The van der Waals surface area contributed by atoms with Crippen LogP contribution >= 0.6 is 0 Å². The Kier molecular flexibility index (Phi) is 6.13. The van der Waals surface area contributed by atoms with E-state index in [1.54, 1.807) is 7.11 Å². The van der Waals surface area contributed by atoms with Gasteiger partial charge in [0.05, 0.1) is 18.6 Å². The van der Waals surface area contributed by atoms with E-state index in [1.807, 2.05) is 13.8 Å². The number of methoxy groups -OCH3 is 1. The van der Waals surface area contributed by atoms with Gasteiger partial charge >= 0.3 is 5.97 Å². The Bertz CT molecular complexity index is 1120. The highest BCUT2D eigenvalue weighted by atomic mass is 16.5. The van der Waals surface area contributed by atoms with Gasteiger partial charge in [-0.2, -0.15) is 0 Å². The summed E-state index contributed by atoms with van der Waals surface area (Å²) in [6.07, 6.45) is 6.60. The van der Waals surface area contributed by atoms with Gasteiger partial charge in [0.1, 0.15) is 0 Å². The number of carbonyl (C=O) groups is 2. The SMILES string of the molecule is CO[C@H]1CC[C@]2(CC1)Cc1ccc(C#CC3CC3)cc1C21N=C(N)N(CCC(=O)OC(C)C)C1=O. The van der Waals surface area contributed by atoms with Crippen LogP contribution in [0.4, 0.5) is 0 Å². The molecule has 1 aliphatic heterocycles. The molecular formula is C28H35N3O4. The van der Waals surface area contributed by atoms with Crippen molar-refractivity contribution in [2.75, 3.05) is 13.7 Å². The second-order valence-electron chi connectivity index (χ2n) is 10.7. The fourth-order valence-corrected chi connectivity index (χ4v) is 6.10. The molecule has 1 heterocycles. The molecule has 3 aliphatic carbocycles. The van der Waals surface area contributed by atoms with Crippen LogP contribution < -0.4 is 5.73 Å². The Morgan fingerprint density at radius 1 is 1.26 bits per heavy atom. The number of esters is 1. The van der Waals surface area contributed by atoms with Crippen LogP contribution in [-0.4, -0.2) is 48.6 Å². The van der Waals surface area contributed by atoms with E-state index in [0.717, 1.165) is 48.8 Å². The third-order valence-corrected chi connectivity index (χ3v) is 8.04. The minimum Gasteiger partial charge on any atom is -0.463 e. The van der Waals surface area contributed by atoms with E-state index >= 15 is 0 Å². The van der Waals surface area contributed by atoms with Gasteiger partial charge in [-0.25, -0.2) is 4.99 Å². The van der Waals surface area contributed by atoms with E-state index in [1.165, 1.54) is 17.7 Å². The second-order valence-corrected chi connectivity index (χ2v) is 10.7. The minimum atomic E-state index is -1.08. The highest BCUT2D eigenvalue weighted by Gasteiger charge is 2.66. The normalized spacial score (nSPS) is 29.4. The first-order chi connectivity index (χ1) is 16.8. The highest BCUT2D eigenvalue weighted by molar-refractivity contribution is 6.08. The zero-order valence-electron chi connectivity index (χ0n) is 20.9. The van der Waals surface area contributed by atoms with E-state index in [2.05, 4.69) is 30.0 Å². The molecule has 2 fully saturated rings. The van der Waals surface area contributed by atoms with Crippen LogP contribution in [0.15, 0.2) is 23.2 Å². The fraction of sp³-hybridized carbons (Fsp3) is 0.607. The number of aliphatic imine (C=N–C) groups is 1. The lowest BCUT2D eigenvalue weighted by Crippen LogP contribution is -2.52. The maximum atomic E-state index is 14.3. The number of ether oxygens (including phenoxy) is 2. The second kappa shape index (κ2) is 8.98. The molecule has 1 atom stereocenters. The van der Waals surface area contributed by atoms with Crippen molar-refractivity contribution in [3.05, 3.63) is 34.9 Å². The number of nitrogens with two attached hydrogens (primary N) is 1. The van der Waals surface area contributed by atoms with Crippen LogP contribution in [-0.2, 0) is 31.0 Å². The van der Waals surface area contributed by atoms with Gasteiger partial charge in [-0.1, -0.05) is 17.9 Å². The van der Waals surface area contributed by atoms with Gasteiger partial charge < -0.3 is 15.2 Å². The Hall–Kier alpha value is -2.85.